The van der Waals surface area contributed by atoms with Gasteiger partial charge in [0.05, 0.1) is 46.4 Å². The Bertz CT molecular complexity index is 2890. The molecule has 0 saturated heterocycles. The highest BCUT2D eigenvalue weighted by molar-refractivity contribution is 6.07. The molecule has 8 N–H and O–H groups in total. The number of aromatic hydroxyl groups is 8. The van der Waals surface area contributed by atoms with Crippen LogP contribution in [0.1, 0.15) is 96.4 Å². The molecule has 0 saturated carbocycles. The summed E-state index contributed by atoms with van der Waals surface area (Å²) < 4.78 is 0. The number of hydrogen-bond donors (Lipinski definition) is 8. The molecular formula is C60H52N4O8. The third-order valence-corrected chi connectivity index (χ3v) is 13.2. The number of phenols is 8. The van der Waals surface area contributed by atoms with Crippen LogP contribution in [0.25, 0.3) is 44.5 Å². The van der Waals surface area contributed by atoms with Crippen molar-refractivity contribution in [1.29, 1.82) is 0 Å². The molecule has 9 rings (SSSR count). The summed E-state index contributed by atoms with van der Waals surface area (Å²) in [5.74, 6) is -4.22. The summed E-state index contributed by atoms with van der Waals surface area (Å²) in [7, 11) is 0. The molecule has 0 heterocycles. The van der Waals surface area contributed by atoms with Gasteiger partial charge in [0.15, 0.2) is 0 Å². The molecule has 0 aromatic heterocycles. The van der Waals surface area contributed by atoms with Crippen LogP contribution in [0.5, 0.6) is 46.0 Å². The fourth-order valence-corrected chi connectivity index (χ4v) is 8.88. The fraction of sp³-hybridized carbons (Fsp3) is 0.133. The van der Waals surface area contributed by atoms with E-state index in [1.807, 2.05) is 149 Å². The zero-order chi connectivity index (χ0) is 50.8. The van der Waals surface area contributed by atoms with Crippen molar-refractivity contribution in [2.75, 3.05) is 0 Å². The zero-order valence-corrected chi connectivity index (χ0v) is 39.8. The predicted octanol–water partition coefficient (Wildman–Crippen LogP) is 13.0. The Morgan fingerprint density at radius 3 is 0.569 bits per heavy atom. The summed E-state index contributed by atoms with van der Waals surface area (Å²) in [6.07, 6.45) is 5.20. The normalized spacial score (nSPS) is 13.8. The molecule has 0 spiro atoms. The predicted molar refractivity (Wildman–Crippen MR) is 285 cm³/mol. The summed E-state index contributed by atoms with van der Waals surface area (Å²) in [6, 6.07) is 41.1. The molecule has 4 unspecified atom stereocenters. The lowest BCUT2D eigenvalue weighted by Gasteiger charge is -2.23. The highest BCUT2D eigenvalue weighted by Crippen LogP contribution is 2.56. The van der Waals surface area contributed by atoms with Crippen molar-refractivity contribution < 1.29 is 40.9 Å². The van der Waals surface area contributed by atoms with E-state index in [1.165, 1.54) is 49.1 Å². The minimum Gasteiger partial charge on any atom is -0.506 e. The van der Waals surface area contributed by atoms with Gasteiger partial charge in [0.25, 0.3) is 0 Å². The van der Waals surface area contributed by atoms with Crippen LogP contribution in [0.2, 0.25) is 0 Å². The van der Waals surface area contributed by atoms with Crippen LogP contribution in [0.15, 0.2) is 166 Å². The second-order valence-electron chi connectivity index (χ2n) is 17.8. The Labute approximate surface area is 416 Å². The smallest absolute Gasteiger partial charge is 0.136 e. The Kier molecular flexibility index (Phi) is 13.3. The summed E-state index contributed by atoms with van der Waals surface area (Å²) in [6.45, 7) is 7.35. The van der Waals surface area contributed by atoms with Gasteiger partial charge in [0, 0.05) is 69.4 Å². The van der Waals surface area contributed by atoms with Crippen molar-refractivity contribution >= 4 is 24.9 Å². The van der Waals surface area contributed by atoms with Crippen LogP contribution in [0, 0.1) is 0 Å². The van der Waals surface area contributed by atoms with Gasteiger partial charge >= 0.3 is 0 Å². The van der Waals surface area contributed by atoms with Crippen molar-refractivity contribution in [3.05, 3.63) is 190 Å². The maximum Gasteiger partial charge on any atom is 0.136 e. The minimum atomic E-state index is -0.528. The lowest BCUT2D eigenvalue weighted by Crippen LogP contribution is -2.01. The largest absolute Gasteiger partial charge is 0.506 e. The van der Waals surface area contributed by atoms with Crippen molar-refractivity contribution in [3.8, 4) is 90.5 Å². The van der Waals surface area contributed by atoms with Crippen LogP contribution in [0.4, 0.5) is 0 Å². The molecule has 8 aromatic rings. The molecule has 1 aliphatic carbocycles. The van der Waals surface area contributed by atoms with Crippen molar-refractivity contribution in [3.63, 3.8) is 0 Å². The van der Waals surface area contributed by atoms with E-state index in [-0.39, 0.29) is 66.8 Å². The van der Waals surface area contributed by atoms with Crippen LogP contribution >= 0.6 is 0 Å². The molecule has 0 fully saturated rings. The molecule has 0 amide bonds. The first-order chi connectivity index (χ1) is 34.7. The molecule has 8 bridgehead atoms. The Morgan fingerprint density at radius 2 is 0.417 bits per heavy atom. The van der Waals surface area contributed by atoms with Gasteiger partial charge in [-0.2, -0.15) is 0 Å². The maximum absolute atomic E-state index is 12.4. The van der Waals surface area contributed by atoms with Gasteiger partial charge in [-0.1, -0.05) is 121 Å². The lowest BCUT2D eigenvalue weighted by molar-refractivity contribution is 0.440. The summed E-state index contributed by atoms with van der Waals surface area (Å²) in [5.41, 5.74) is 1.94. The Morgan fingerprint density at radius 1 is 0.264 bits per heavy atom. The monoisotopic (exact) mass is 956 g/mol. The molecular weight excluding hydrogens is 905 g/mol. The number of phenolic OH excluding ortho intramolecular Hbond substituents is 8. The van der Waals surface area contributed by atoms with Crippen molar-refractivity contribution in [2.24, 2.45) is 20.0 Å². The molecule has 12 nitrogen and oxygen atoms in total. The van der Waals surface area contributed by atoms with Crippen LogP contribution in [0.3, 0.4) is 0 Å². The zero-order valence-electron chi connectivity index (χ0n) is 39.8. The second kappa shape index (κ2) is 20.1. The number of aliphatic imine (C=N–C) groups is 4. The fourth-order valence-electron chi connectivity index (χ4n) is 8.88. The topological polar surface area (TPSA) is 211 Å². The first-order valence-corrected chi connectivity index (χ1v) is 23.4. The minimum absolute atomic E-state index is 0.0828. The van der Waals surface area contributed by atoms with Gasteiger partial charge in [-0.25, -0.2) is 0 Å². The van der Waals surface area contributed by atoms with E-state index in [2.05, 4.69) is 0 Å². The standard InChI is InChI=1S/C60H52N4O8/c1-33(37-17-9-5-10-18-37)61-29-49-53(65)41-25-42(54(49)66)44-27-46(58(70)51(56(44)68)31-63-35(3)39-21-13-7-14-22-39)48-28-47(59(71)52(60(48)72)32-64-36(4)40-23-15-8-16-24-40)45-26-43(41)55(67)50(57(45)69)30-62-34(2)38-19-11-6-12-20-38/h5-36,65-72H,1-4H3. The summed E-state index contributed by atoms with van der Waals surface area (Å²) in [5, 5.41) is 99.1. The van der Waals surface area contributed by atoms with Crippen molar-refractivity contribution in [1.82, 2.24) is 0 Å². The van der Waals surface area contributed by atoms with E-state index in [4.69, 9.17) is 20.0 Å². The van der Waals surface area contributed by atoms with Gasteiger partial charge in [0.2, 0.25) is 0 Å². The van der Waals surface area contributed by atoms with E-state index in [1.54, 1.807) is 0 Å². The van der Waals surface area contributed by atoms with Crippen LogP contribution in [-0.2, 0) is 0 Å². The maximum atomic E-state index is 12.4. The first-order valence-electron chi connectivity index (χ1n) is 23.4. The summed E-state index contributed by atoms with van der Waals surface area (Å²) >= 11 is 0. The molecule has 72 heavy (non-hydrogen) atoms. The average Bonchev–Trinajstić information content (AvgIpc) is 3.40. The average molecular weight is 957 g/mol. The SMILES string of the molecule is CC(N=Cc1c(O)c2cc(c1O)-c1cc(c(O)c(C=NC(C)c3ccccc3)c1O)-c1cc(c(O)c(C=NC(C)c3ccccc3)c1O)-c1cc-2c(O)c(C=NC(C)c2ccccc2)c1O)c1ccccc1. The Balaban J connectivity index is 1.38. The van der Waals surface area contributed by atoms with E-state index in [0.29, 0.717) is 0 Å². The third kappa shape index (κ3) is 9.09. The van der Waals surface area contributed by atoms with Gasteiger partial charge in [-0.05, 0) is 74.2 Å². The summed E-state index contributed by atoms with van der Waals surface area (Å²) in [4.78, 5) is 18.8. The van der Waals surface area contributed by atoms with Crippen molar-refractivity contribution in [2.45, 2.75) is 51.9 Å². The lowest BCUT2D eigenvalue weighted by atomic mass is 9.84. The molecule has 0 radical (unpaired) electrons. The van der Waals surface area contributed by atoms with E-state index in [9.17, 15) is 40.9 Å². The molecule has 1 aliphatic rings. The van der Waals surface area contributed by atoms with Crippen LogP contribution in [-0.4, -0.2) is 65.7 Å². The molecule has 4 atom stereocenters. The van der Waals surface area contributed by atoms with Gasteiger partial charge in [-0.15, -0.1) is 0 Å². The number of benzene rings is 8. The first kappa shape index (κ1) is 47.9. The quantitative estimate of drug-likeness (QED) is 0.0551. The highest BCUT2D eigenvalue weighted by Gasteiger charge is 2.31. The van der Waals surface area contributed by atoms with Gasteiger partial charge in [0.1, 0.15) is 46.0 Å². The van der Waals surface area contributed by atoms with E-state index >= 15 is 0 Å². The number of rotatable bonds is 12. The number of nitrogens with zero attached hydrogens (tertiary/aromatic N) is 4. The van der Waals surface area contributed by atoms with Crippen LogP contribution < -0.4 is 0 Å². The molecule has 8 aromatic carbocycles. The van der Waals surface area contributed by atoms with Gasteiger partial charge < -0.3 is 40.9 Å². The van der Waals surface area contributed by atoms with E-state index in [0.717, 1.165) is 22.3 Å². The second-order valence-corrected chi connectivity index (χ2v) is 17.8. The van der Waals surface area contributed by atoms with E-state index < -0.39 is 70.2 Å². The molecule has 12 heteroatoms. The highest BCUT2D eigenvalue weighted by atomic mass is 16.3. The molecule has 360 valence electrons. The number of fused-ring (bicyclic) bond motifs is 12. The Hall–Kier alpha value is -9.16. The number of hydrogen-bond acceptors (Lipinski definition) is 12. The van der Waals surface area contributed by atoms with Gasteiger partial charge in [-0.3, -0.25) is 20.0 Å². The third-order valence-electron chi connectivity index (χ3n) is 13.2. The molecule has 0 aliphatic heterocycles.